The van der Waals surface area contributed by atoms with Crippen LogP contribution in [-0.2, 0) is 20.1 Å². The summed E-state index contributed by atoms with van der Waals surface area (Å²) in [5, 5.41) is 1.78. The van der Waals surface area contributed by atoms with Gasteiger partial charge in [0.25, 0.3) is 0 Å². The molecule has 3 aromatic carbocycles. The summed E-state index contributed by atoms with van der Waals surface area (Å²) in [7, 11) is 1.82. The van der Waals surface area contributed by atoms with Crippen LogP contribution < -0.4 is 0 Å². The van der Waals surface area contributed by atoms with Crippen LogP contribution in [0.4, 0.5) is 8.78 Å². The summed E-state index contributed by atoms with van der Waals surface area (Å²) in [5.74, 6) is -1.30. The maximum absolute atomic E-state index is 13.8. The van der Waals surface area contributed by atoms with Crippen molar-refractivity contribution < 1.29 is 28.9 Å². The smallest absolute Gasteiger partial charge is 0.0642 e. The first kappa shape index (κ1) is 28.0. The number of benzene rings is 3. The van der Waals surface area contributed by atoms with Crippen LogP contribution >= 0.6 is 0 Å². The molecule has 0 aliphatic rings. The van der Waals surface area contributed by atoms with Crippen molar-refractivity contribution >= 4 is 16.5 Å². The Kier molecular flexibility index (Phi) is 11.4. The van der Waals surface area contributed by atoms with Gasteiger partial charge in [0.15, 0.2) is 0 Å². The number of aliphatic imine (C=N–C) groups is 1. The first-order chi connectivity index (χ1) is 15.0. The van der Waals surface area contributed by atoms with Crippen molar-refractivity contribution in [1.29, 1.82) is 0 Å². The minimum Gasteiger partial charge on any atom is -0.693 e. The van der Waals surface area contributed by atoms with E-state index in [0.29, 0.717) is 5.69 Å². The van der Waals surface area contributed by atoms with Crippen molar-refractivity contribution in [2.75, 3.05) is 7.05 Å². The van der Waals surface area contributed by atoms with Gasteiger partial charge in [-0.15, -0.1) is 12.1 Å². The molecular formula is C27H25F2IrN3-2. The molecule has 173 valence electrons. The molecule has 0 aliphatic carbocycles. The van der Waals surface area contributed by atoms with Crippen molar-refractivity contribution in [2.45, 2.75) is 13.8 Å². The Morgan fingerprint density at radius 2 is 1.64 bits per heavy atom. The average Bonchev–Trinajstić information content (AvgIpc) is 2.78. The van der Waals surface area contributed by atoms with Crippen LogP contribution in [0.25, 0.3) is 28.2 Å². The molecule has 3 nitrogen and oxygen atoms in total. The minimum atomic E-state index is -0.654. The Morgan fingerprint density at radius 1 is 0.970 bits per heavy atom. The fourth-order valence-corrected chi connectivity index (χ4v) is 3.10. The maximum atomic E-state index is 13.8. The van der Waals surface area contributed by atoms with Crippen LogP contribution in [0.15, 0.2) is 95.6 Å². The number of nitrogens with zero attached hydrogens (tertiary/aromatic N) is 2. The third-order valence-corrected chi connectivity index (χ3v) is 4.50. The van der Waals surface area contributed by atoms with Gasteiger partial charge < -0.3 is 11.1 Å². The molecule has 33 heavy (non-hydrogen) atoms. The molecule has 6 heteroatoms. The van der Waals surface area contributed by atoms with Crippen molar-refractivity contribution in [3.63, 3.8) is 0 Å². The van der Waals surface area contributed by atoms with E-state index in [2.05, 4.69) is 48.1 Å². The van der Waals surface area contributed by atoms with E-state index in [1.165, 1.54) is 11.1 Å². The first-order valence-electron chi connectivity index (χ1n) is 9.87. The van der Waals surface area contributed by atoms with E-state index >= 15 is 0 Å². The van der Waals surface area contributed by atoms with Gasteiger partial charge in [-0.2, -0.15) is 0 Å². The third kappa shape index (κ3) is 7.50. The second-order valence-electron chi connectivity index (χ2n) is 7.12. The normalized spacial score (nSPS) is 10.3. The second-order valence-corrected chi connectivity index (χ2v) is 7.12. The van der Waals surface area contributed by atoms with Crippen molar-refractivity contribution in [1.82, 2.24) is 4.98 Å². The summed E-state index contributed by atoms with van der Waals surface area (Å²) in [6.45, 7) is 4.16. The standard InChI is InChI=1S/C15H8F2N.C12H15N.Ir.H2N/c16-11-5-6-13(14(17)9-11)15-12-4-2-1-3-10(12)7-8-18-15;1-10(2)9-12(13-3)11-7-5-4-6-8-11;;/h1-5,7-9H;4-9H,1-3H3;;1H2/q-1;;;-1. The van der Waals surface area contributed by atoms with E-state index in [4.69, 9.17) is 0 Å². The monoisotopic (exact) mass is 622 g/mol. The van der Waals surface area contributed by atoms with Gasteiger partial charge in [0.05, 0.1) is 5.71 Å². The van der Waals surface area contributed by atoms with Crippen molar-refractivity contribution in [3.05, 3.63) is 120 Å². The van der Waals surface area contributed by atoms with Gasteiger partial charge in [-0.05, 0) is 48.0 Å². The van der Waals surface area contributed by atoms with Crippen LogP contribution in [0.3, 0.4) is 0 Å². The Labute approximate surface area is 207 Å². The molecule has 0 saturated heterocycles. The number of pyridine rings is 1. The Morgan fingerprint density at radius 3 is 2.27 bits per heavy atom. The molecule has 4 aromatic rings. The van der Waals surface area contributed by atoms with Gasteiger partial charge in [0.2, 0.25) is 0 Å². The van der Waals surface area contributed by atoms with E-state index in [9.17, 15) is 8.78 Å². The van der Waals surface area contributed by atoms with Gasteiger partial charge in [0.1, 0.15) is 0 Å². The quantitative estimate of drug-likeness (QED) is 0.170. The van der Waals surface area contributed by atoms with Gasteiger partial charge in [-0.25, -0.2) is 0 Å². The number of halogens is 2. The Hall–Kier alpha value is -3.05. The number of aromatic nitrogens is 1. The van der Waals surface area contributed by atoms with Crippen molar-refractivity contribution in [3.8, 4) is 11.3 Å². The molecule has 0 atom stereocenters. The number of hydrogen-bond donors (Lipinski definition) is 0. The number of allylic oxidation sites excluding steroid dienone is 2. The Bertz CT molecular complexity index is 1230. The molecule has 0 fully saturated rings. The summed E-state index contributed by atoms with van der Waals surface area (Å²) in [6.07, 6.45) is 3.70. The fraction of sp³-hybridized carbons (Fsp3) is 0.111. The zero-order valence-corrected chi connectivity index (χ0v) is 21.0. The molecule has 1 aromatic heterocycles. The zero-order valence-electron chi connectivity index (χ0n) is 18.6. The zero-order chi connectivity index (χ0) is 22.2. The van der Waals surface area contributed by atoms with Crippen LogP contribution in [0.5, 0.6) is 0 Å². The molecule has 4 rings (SSSR count). The van der Waals surface area contributed by atoms with E-state index < -0.39 is 11.6 Å². The average molecular weight is 622 g/mol. The predicted molar refractivity (Wildman–Crippen MR) is 130 cm³/mol. The summed E-state index contributed by atoms with van der Waals surface area (Å²) >= 11 is 0. The topological polar surface area (TPSA) is 58.8 Å². The largest absolute Gasteiger partial charge is 0.693 e. The van der Waals surface area contributed by atoms with Gasteiger partial charge >= 0.3 is 0 Å². The molecule has 2 N–H and O–H groups in total. The summed E-state index contributed by atoms with van der Waals surface area (Å²) in [6, 6.07) is 24.1. The molecule has 1 radical (unpaired) electrons. The minimum absolute atomic E-state index is 0. The number of nitrogens with two attached hydrogens (primary N) is 1. The van der Waals surface area contributed by atoms with E-state index in [0.717, 1.165) is 28.6 Å². The number of hydrogen-bond acceptors (Lipinski definition) is 2. The van der Waals surface area contributed by atoms with Crippen LogP contribution in [-0.4, -0.2) is 17.7 Å². The van der Waals surface area contributed by atoms with E-state index in [-0.39, 0.29) is 31.8 Å². The van der Waals surface area contributed by atoms with E-state index in [1.807, 2.05) is 55.6 Å². The summed E-state index contributed by atoms with van der Waals surface area (Å²) in [5.41, 5.74) is 4.15. The number of fused-ring (bicyclic) bond motifs is 1. The van der Waals surface area contributed by atoms with Crippen LogP contribution in [0, 0.1) is 17.7 Å². The number of rotatable bonds is 3. The van der Waals surface area contributed by atoms with Gasteiger partial charge in [0, 0.05) is 45.0 Å². The van der Waals surface area contributed by atoms with Gasteiger partial charge in [-0.1, -0.05) is 71.8 Å². The molecule has 1 heterocycles. The summed E-state index contributed by atoms with van der Waals surface area (Å²) in [4.78, 5) is 8.41. The first-order valence-corrected chi connectivity index (χ1v) is 9.87. The maximum Gasteiger partial charge on any atom is 0.0642 e. The SMILES string of the molecule is CN=C(C=C(C)C)c1ccccc1.Fc1c[c-]c(-c2nccc3ccccc23)c(F)c1.[Ir].[NH2-]. The van der Waals surface area contributed by atoms with Crippen LogP contribution in [0.2, 0.25) is 0 Å². The van der Waals surface area contributed by atoms with Crippen molar-refractivity contribution in [2.24, 2.45) is 4.99 Å². The molecule has 0 bridgehead atoms. The molecule has 0 amide bonds. The fourth-order valence-electron chi connectivity index (χ4n) is 3.10. The third-order valence-electron chi connectivity index (χ3n) is 4.50. The predicted octanol–water partition coefficient (Wildman–Crippen LogP) is 7.77. The second kappa shape index (κ2) is 13.5. The molecular weight excluding hydrogens is 597 g/mol. The summed E-state index contributed by atoms with van der Waals surface area (Å²) < 4.78 is 26.6. The Balaban J connectivity index is 0.000000327. The van der Waals surface area contributed by atoms with Crippen LogP contribution in [0.1, 0.15) is 19.4 Å². The van der Waals surface area contributed by atoms with E-state index in [1.54, 1.807) is 6.20 Å². The molecule has 0 unspecified atom stereocenters. The molecule has 0 spiro atoms. The molecule has 0 saturated carbocycles. The molecule has 0 aliphatic heterocycles. The van der Waals surface area contributed by atoms with Gasteiger partial charge in [-0.3, -0.25) is 13.8 Å².